The summed E-state index contributed by atoms with van der Waals surface area (Å²) in [4.78, 5) is 13.3. The largest absolute Gasteiger partial charge is 0.469 e. The van der Waals surface area contributed by atoms with Crippen LogP contribution in [0.4, 0.5) is 18.9 Å². The molecular weight excluding hydrogens is 365 g/mol. The van der Waals surface area contributed by atoms with E-state index < -0.39 is 11.7 Å². The zero-order valence-electron chi connectivity index (χ0n) is 12.8. The van der Waals surface area contributed by atoms with Crippen LogP contribution in [-0.4, -0.2) is 36.2 Å². The van der Waals surface area contributed by atoms with Crippen LogP contribution in [0.25, 0.3) is 0 Å². The van der Waals surface area contributed by atoms with Gasteiger partial charge in [-0.3, -0.25) is 4.79 Å². The standard InChI is InChI=1S/C15H16ClF3N2O2S/c1-23-13(22)9-4-6-21(7-5-9)14(24)20-12-8-10(15(17,18)19)2-3-11(12)16/h2-3,8-9H,4-7H2,1H3,(H,20,24). The zero-order valence-corrected chi connectivity index (χ0v) is 14.4. The van der Waals surface area contributed by atoms with Crippen LogP contribution in [0.15, 0.2) is 18.2 Å². The monoisotopic (exact) mass is 380 g/mol. The fraction of sp³-hybridized carbons (Fsp3) is 0.467. The number of piperidine rings is 1. The summed E-state index contributed by atoms with van der Waals surface area (Å²) in [6.07, 6.45) is -3.31. The molecule has 4 nitrogen and oxygen atoms in total. The van der Waals surface area contributed by atoms with Crippen LogP contribution in [0.3, 0.4) is 0 Å². The van der Waals surface area contributed by atoms with Gasteiger partial charge in [0, 0.05) is 13.1 Å². The Hall–Kier alpha value is -1.54. The molecule has 1 fully saturated rings. The Morgan fingerprint density at radius 1 is 1.38 bits per heavy atom. The number of methoxy groups -OCH3 is 1. The van der Waals surface area contributed by atoms with Gasteiger partial charge in [-0.1, -0.05) is 11.6 Å². The van der Waals surface area contributed by atoms with Gasteiger partial charge in [-0.05, 0) is 43.3 Å². The molecule has 0 aromatic heterocycles. The van der Waals surface area contributed by atoms with Crippen molar-refractivity contribution >= 4 is 40.6 Å². The van der Waals surface area contributed by atoms with Gasteiger partial charge in [0.2, 0.25) is 0 Å². The maximum Gasteiger partial charge on any atom is 0.416 e. The van der Waals surface area contributed by atoms with E-state index in [4.69, 9.17) is 28.6 Å². The SMILES string of the molecule is COC(=O)C1CCN(C(=S)Nc2cc(C(F)(F)F)ccc2Cl)CC1. The summed E-state index contributed by atoms with van der Waals surface area (Å²) in [6, 6.07) is 3.02. The molecule has 0 amide bonds. The molecule has 1 N–H and O–H groups in total. The van der Waals surface area contributed by atoms with Crippen molar-refractivity contribution < 1.29 is 22.7 Å². The number of ether oxygens (including phenoxy) is 1. The van der Waals surface area contributed by atoms with Crippen LogP contribution in [0.5, 0.6) is 0 Å². The maximum atomic E-state index is 12.8. The van der Waals surface area contributed by atoms with Crippen molar-refractivity contribution in [3.8, 4) is 0 Å². The number of carbonyl (C=O) groups excluding carboxylic acids is 1. The lowest BCUT2D eigenvalue weighted by Crippen LogP contribution is -2.42. The molecule has 1 aromatic carbocycles. The second-order valence-corrected chi connectivity index (χ2v) is 6.20. The van der Waals surface area contributed by atoms with Gasteiger partial charge >= 0.3 is 12.1 Å². The predicted molar refractivity (Wildman–Crippen MR) is 89.0 cm³/mol. The highest BCUT2D eigenvalue weighted by atomic mass is 35.5. The van der Waals surface area contributed by atoms with E-state index in [1.54, 1.807) is 4.90 Å². The first kappa shape index (κ1) is 18.8. The van der Waals surface area contributed by atoms with Crippen LogP contribution < -0.4 is 5.32 Å². The number of hydrogen-bond acceptors (Lipinski definition) is 3. The predicted octanol–water partition coefficient (Wildman–Crippen LogP) is 3.94. The van der Waals surface area contributed by atoms with Gasteiger partial charge in [-0.25, -0.2) is 0 Å². The number of nitrogens with zero attached hydrogens (tertiary/aromatic N) is 1. The molecule has 0 aliphatic carbocycles. The minimum Gasteiger partial charge on any atom is -0.469 e. The van der Waals surface area contributed by atoms with Gasteiger partial charge in [0.05, 0.1) is 29.3 Å². The number of likely N-dealkylation sites (tertiary alicyclic amines) is 1. The van der Waals surface area contributed by atoms with E-state index in [0.717, 1.165) is 12.1 Å². The van der Waals surface area contributed by atoms with E-state index in [1.165, 1.54) is 13.2 Å². The van der Waals surface area contributed by atoms with Crippen LogP contribution in [0, 0.1) is 5.92 Å². The average molecular weight is 381 g/mol. The summed E-state index contributed by atoms with van der Waals surface area (Å²) in [5, 5.41) is 3.19. The Bertz CT molecular complexity index is 632. The maximum absolute atomic E-state index is 12.8. The Kier molecular flexibility index (Phi) is 5.92. The molecule has 0 unspecified atom stereocenters. The minimum absolute atomic E-state index is 0.103. The molecule has 1 heterocycles. The normalized spacial score (nSPS) is 16.0. The van der Waals surface area contributed by atoms with Crippen molar-refractivity contribution in [1.29, 1.82) is 0 Å². The quantitative estimate of drug-likeness (QED) is 0.621. The molecule has 0 saturated carbocycles. The molecule has 0 radical (unpaired) electrons. The third kappa shape index (κ3) is 4.51. The Morgan fingerprint density at radius 2 is 2.00 bits per heavy atom. The van der Waals surface area contributed by atoms with Crippen molar-refractivity contribution in [3.05, 3.63) is 28.8 Å². The van der Waals surface area contributed by atoms with Gasteiger partial charge in [0.1, 0.15) is 0 Å². The number of carbonyl (C=O) groups is 1. The third-order valence-corrected chi connectivity index (χ3v) is 4.54. The van der Waals surface area contributed by atoms with Crippen molar-refractivity contribution in [3.63, 3.8) is 0 Å². The van der Waals surface area contributed by atoms with Gasteiger partial charge < -0.3 is 15.0 Å². The molecule has 1 saturated heterocycles. The van der Waals surface area contributed by atoms with E-state index in [0.29, 0.717) is 25.9 Å². The van der Waals surface area contributed by atoms with Crippen molar-refractivity contribution in [2.45, 2.75) is 19.0 Å². The topological polar surface area (TPSA) is 41.6 Å². The highest BCUT2D eigenvalue weighted by Crippen LogP contribution is 2.34. The van der Waals surface area contributed by atoms with Gasteiger partial charge in [-0.2, -0.15) is 13.2 Å². The number of nitrogens with one attached hydrogen (secondary N) is 1. The Labute approximate surface area is 147 Å². The lowest BCUT2D eigenvalue weighted by Gasteiger charge is -2.32. The first-order valence-corrected chi connectivity index (χ1v) is 8.01. The van der Waals surface area contributed by atoms with Gasteiger partial charge in [0.25, 0.3) is 0 Å². The van der Waals surface area contributed by atoms with Crippen LogP contribution in [0.1, 0.15) is 18.4 Å². The number of halogens is 4. The van der Waals surface area contributed by atoms with Gasteiger partial charge in [-0.15, -0.1) is 0 Å². The molecule has 1 aliphatic rings. The lowest BCUT2D eigenvalue weighted by atomic mass is 9.97. The number of anilines is 1. The molecule has 132 valence electrons. The van der Waals surface area contributed by atoms with Crippen molar-refractivity contribution in [2.24, 2.45) is 5.92 Å². The Balaban J connectivity index is 2.02. The van der Waals surface area contributed by atoms with E-state index in [2.05, 4.69) is 5.32 Å². The molecule has 0 bridgehead atoms. The van der Waals surface area contributed by atoms with Gasteiger partial charge in [0.15, 0.2) is 5.11 Å². The fourth-order valence-corrected chi connectivity index (χ4v) is 2.93. The van der Waals surface area contributed by atoms with Crippen molar-refractivity contribution in [1.82, 2.24) is 4.90 Å². The fourth-order valence-electron chi connectivity index (χ4n) is 2.48. The first-order chi connectivity index (χ1) is 11.2. The lowest BCUT2D eigenvalue weighted by molar-refractivity contribution is -0.146. The van der Waals surface area contributed by atoms with Crippen LogP contribution >= 0.6 is 23.8 Å². The summed E-state index contributed by atoms with van der Waals surface area (Å²) in [5.41, 5.74) is -0.701. The second-order valence-electron chi connectivity index (χ2n) is 5.41. The number of rotatable bonds is 2. The highest BCUT2D eigenvalue weighted by molar-refractivity contribution is 7.80. The molecule has 1 aromatic rings. The summed E-state index contributed by atoms with van der Waals surface area (Å²) in [5.74, 6) is -0.430. The van der Waals surface area contributed by atoms with E-state index in [1.807, 2.05) is 0 Å². The Morgan fingerprint density at radius 3 is 2.54 bits per heavy atom. The number of hydrogen-bond donors (Lipinski definition) is 1. The van der Waals surface area contributed by atoms with Crippen molar-refractivity contribution in [2.75, 3.05) is 25.5 Å². The highest BCUT2D eigenvalue weighted by Gasteiger charge is 2.31. The third-order valence-electron chi connectivity index (χ3n) is 3.85. The molecule has 24 heavy (non-hydrogen) atoms. The average Bonchev–Trinajstić information content (AvgIpc) is 2.55. The summed E-state index contributed by atoms with van der Waals surface area (Å²) in [7, 11) is 1.34. The summed E-state index contributed by atoms with van der Waals surface area (Å²) < 4.78 is 43.1. The second kappa shape index (κ2) is 7.57. The number of thiocarbonyl (C=S) groups is 1. The molecule has 2 rings (SSSR count). The number of esters is 1. The molecule has 9 heteroatoms. The summed E-state index contributed by atoms with van der Waals surface area (Å²) in [6.45, 7) is 1.03. The van der Waals surface area contributed by atoms with E-state index in [9.17, 15) is 18.0 Å². The summed E-state index contributed by atoms with van der Waals surface area (Å²) >= 11 is 11.2. The molecule has 1 aliphatic heterocycles. The van der Waals surface area contributed by atoms with Crippen LogP contribution in [0.2, 0.25) is 5.02 Å². The van der Waals surface area contributed by atoms with Crippen LogP contribution in [-0.2, 0) is 15.7 Å². The van der Waals surface area contributed by atoms with E-state index in [-0.39, 0.29) is 27.7 Å². The number of benzene rings is 1. The molecule has 0 atom stereocenters. The zero-order chi connectivity index (χ0) is 17.9. The smallest absolute Gasteiger partial charge is 0.416 e. The number of alkyl halides is 3. The first-order valence-electron chi connectivity index (χ1n) is 7.23. The molecular formula is C15H16ClF3N2O2S. The molecule has 0 spiro atoms. The van der Waals surface area contributed by atoms with E-state index >= 15 is 0 Å². The minimum atomic E-state index is -4.46.